The number of phenolic OH excluding ortho intramolecular Hbond substituents is 1. The van der Waals surface area contributed by atoms with E-state index in [0.717, 1.165) is 0 Å². The highest BCUT2D eigenvalue weighted by atomic mass is 32.2. The summed E-state index contributed by atoms with van der Waals surface area (Å²) in [7, 11) is -9.29. The largest absolute Gasteiger partial charge is 0.508 e. The van der Waals surface area contributed by atoms with E-state index in [2.05, 4.69) is 0 Å². The Morgan fingerprint density at radius 1 is 0.800 bits per heavy atom. The molecule has 1 rings (SSSR count). The zero-order chi connectivity index (χ0) is 11.9. The van der Waals surface area contributed by atoms with E-state index in [0.29, 0.717) is 18.2 Å². The average molecular weight is 254 g/mol. The first-order valence-corrected chi connectivity index (χ1v) is 6.28. The molecule has 0 aliphatic carbocycles. The Balaban J connectivity index is 3.57. The smallest absolute Gasteiger partial charge is 0.294 e. The maximum absolute atomic E-state index is 10.6. The van der Waals surface area contributed by atoms with Crippen LogP contribution in [-0.4, -0.2) is 31.0 Å². The topological polar surface area (TPSA) is 129 Å². The molecule has 0 fully saturated rings. The number of aromatic hydroxyl groups is 1. The Morgan fingerprint density at radius 3 is 1.40 bits per heavy atom. The Morgan fingerprint density at radius 2 is 1.13 bits per heavy atom. The van der Waals surface area contributed by atoms with Crippen LogP contribution in [0.25, 0.3) is 0 Å². The number of hydrogen-bond donors (Lipinski definition) is 3. The highest BCUT2D eigenvalue weighted by molar-refractivity contribution is 7.86. The Bertz CT molecular complexity index is 534. The molecule has 15 heavy (non-hydrogen) atoms. The van der Waals surface area contributed by atoms with E-state index in [-0.39, 0.29) is 0 Å². The van der Waals surface area contributed by atoms with Gasteiger partial charge in [-0.05, 0) is 6.07 Å². The molecular weight excluding hydrogens is 248 g/mol. The SMILES string of the molecule is O=S(=O)(O)c1cc(O)cc(S(=O)(=O)O)c1. The van der Waals surface area contributed by atoms with E-state index in [9.17, 15) is 16.8 Å². The molecule has 1 aromatic carbocycles. The predicted molar refractivity (Wildman–Crippen MR) is 47.7 cm³/mol. The molecule has 0 radical (unpaired) electrons. The fourth-order valence-electron chi connectivity index (χ4n) is 0.855. The molecule has 0 atom stereocenters. The fourth-order valence-corrected chi connectivity index (χ4v) is 2.02. The minimum absolute atomic E-state index is 0.518. The molecule has 84 valence electrons. The van der Waals surface area contributed by atoms with Gasteiger partial charge in [-0.2, -0.15) is 16.8 Å². The van der Waals surface area contributed by atoms with Crippen molar-refractivity contribution < 1.29 is 31.0 Å². The molecule has 0 aliphatic heterocycles. The summed E-state index contributed by atoms with van der Waals surface area (Å²) in [5.74, 6) is -0.710. The van der Waals surface area contributed by atoms with Crippen molar-refractivity contribution in [1.82, 2.24) is 0 Å². The summed E-state index contributed by atoms with van der Waals surface area (Å²) in [5.41, 5.74) is 0. The van der Waals surface area contributed by atoms with Crippen LogP contribution >= 0.6 is 0 Å². The van der Waals surface area contributed by atoms with Crippen molar-refractivity contribution in [1.29, 1.82) is 0 Å². The Hall–Kier alpha value is -1.16. The lowest BCUT2D eigenvalue weighted by Gasteiger charge is -2.01. The van der Waals surface area contributed by atoms with E-state index in [1.807, 2.05) is 0 Å². The first kappa shape index (κ1) is 11.9. The van der Waals surface area contributed by atoms with Crippen molar-refractivity contribution in [2.24, 2.45) is 0 Å². The van der Waals surface area contributed by atoms with Crippen LogP contribution in [0.3, 0.4) is 0 Å². The molecule has 0 heterocycles. The van der Waals surface area contributed by atoms with Crippen LogP contribution in [-0.2, 0) is 20.2 Å². The van der Waals surface area contributed by atoms with Gasteiger partial charge in [0, 0.05) is 12.1 Å². The van der Waals surface area contributed by atoms with E-state index < -0.39 is 35.8 Å². The van der Waals surface area contributed by atoms with Crippen LogP contribution in [0.2, 0.25) is 0 Å². The van der Waals surface area contributed by atoms with Crippen LogP contribution in [0.5, 0.6) is 5.75 Å². The molecule has 0 aliphatic rings. The van der Waals surface area contributed by atoms with Crippen LogP contribution in [0.1, 0.15) is 0 Å². The number of rotatable bonds is 2. The lowest BCUT2D eigenvalue weighted by Crippen LogP contribution is -2.02. The number of benzene rings is 1. The van der Waals surface area contributed by atoms with Gasteiger partial charge in [-0.3, -0.25) is 9.11 Å². The minimum atomic E-state index is -4.64. The summed E-state index contributed by atoms with van der Waals surface area (Å²) in [6.07, 6.45) is 0. The zero-order valence-corrected chi connectivity index (χ0v) is 8.66. The molecule has 0 aromatic heterocycles. The van der Waals surface area contributed by atoms with Gasteiger partial charge < -0.3 is 5.11 Å². The molecule has 3 N–H and O–H groups in total. The highest BCUT2D eigenvalue weighted by Gasteiger charge is 2.17. The van der Waals surface area contributed by atoms with E-state index in [1.165, 1.54) is 0 Å². The average Bonchev–Trinajstić information content (AvgIpc) is 1.99. The quantitative estimate of drug-likeness (QED) is 0.627. The number of hydrogen-bond acceptors (Lipinski definition) is 5. The minimum Gasteiger partial charge on any atom is -0.508 e. The summed E-state index contributed by atoms with van der Waals surface area (Å²) in [5, 5.41) is 8.97. The summed E-state index contributed by atoms with van der Waals surface area (Å²) in [4.78, 5) is -1.65. The van der Waals surface area contributed by atoms with Crippen molar-refractivity contribution in [3.8, 4) is 5.75 Å². The van der Waals surface area contributed by atoms with Gasteiger partial charge in [0.2, 0.25) is 0 Å². The lowest BCUT2D eigenvalue weighted by atomic mass is 10.3. The molecule has 0 saturated carbocycles. The van der Waals surface area contributed by atoms with Crippen LogP contribution in [0.15, 0.2) is 28.0 Å². The normalized spacial score (nSPS) is 12.7. The van der Waals surface area contributed by atoms with Gasteiger partial charge in [0.05, 0.1) is 9.79 Å². The third kappa shape index (κ3) is 2.89. The maximum Gasteiger partial charge on any atom is 0.294 e. The monoisotopic (exact) mass is 254 g/mol. The molecule has 1 aromatic rings. The predicted octanol–water partition coefficient (Wildman–Crippen LogP) is -0.114. The van der Waals surface area contributed by atoms with Gasteiger partial charge in [0.25, 0.3) is 20.2 Å². The molecule has 0 amide bonds. The molecule has 7 nitrogen and oxygen atoms in total. The molecule has 0 saturated heterocycles. The fraction of sp³-hybridized carbons (Fsp3) is 0. The Labute approximate surface area is 85.5 Å². The molecule has 0 bridgehead atoms. The molecule has 9 heteroatoms. The van der Waals surface area contributed by atoms with Crippen molar-refractivity contribution in [3.05, 3.63) is 18.2 Å². The molecule has 0 spiro atoms. The molecule has 0 unspecified atom stereocenters. The van der Waals surface area contributed by atoms with Gasteiger partial charge in [-0.25, -0.2) is 0 Å². The van der Waals surface area contributed by atoms with Crippen LogP contribution < -0.4 is 0 Å². The summed E-state index contributed by atoms with van der Waals surface area (Å²) in [6.45, 7) is 0. The van der Waals surface area contributed by atoms with E-state index >= 15 is 0 Å². The van der Waals surface area contributed by atoms with Crippen molar-refractivity contribution in [2.75, 3.05) is 0 Å². The zero-order valence-electron chi connectivity index (χ0n) is 7.02. The third-order valence-electron chi connectivity index (χ3n) is 1.46. The highest BCUT2D eigenvalue weighted by Crippen LogP contribution is 2.22. The third-order valence-corrected chi connectivity index (χ3v) is 3.12. The van der Waals surface area contributed by atoms with Crippen LogP contribution in [0, 0.1) is 0 Å². The van der Waals surface area contributed by atoms with Gasteiger partial charge >= 0.3 is 0 Å². The second-order valence-electron chi connectivity index (χ2n) is 2.61. The summed E-state index contributed by atoms with van der Waals surface area (Å²) in [6, 6.07) is 1.80. The Kier molecular flexibility index (Phi) is 2.74. The number of phenols is 1. The van der Waals surface area contributed by atoms with Crippen LogP contribution in [0.4, 0.5) is 0 Å². The van der Waals surface area contributed by atoms with E-state index in [4.69, 9.17) is 14.2 Å². The van der Waals surface area contributed by atoms with Gasteiger partial charge in [-0.1, -0.05) is 0 Å². The first-order chi connectivity index (χ1) is 6.60. The summed E-state index contributed by atoms with van der Waals surface area (Å²) < 4.78 is 59.7. The maximum atomic E-state index is 10.6. The van der Waals surface area contributed by atoms with E-state index in [1.54, 1.807) is 0 Å². The second-order valence-corrected chi connectivity index (χ2v) is 5.46. The van der Waals surface area contributed by atoms with Crippen molar-refractivity contribution in [3.63, 3.8) is 0 Å². The van der Waals surface area contributed by atoms with Crippen molar-refractivity contribution >= 4 is 20.2 Å². The second kappa shape index (κ2) is 3.45. The standard InChI is InChI=1S/C6H6O7S2/c7-4-1-5(14(8,9)10)3-6(2-4)15(11,12)13/h1-3,7H,(H,8,9,10)(H,11,12,13). The lowest BCUT2D eigenvalue weighted by molar-refractivity contribution is 0.459. The van der Waals surface area contributed by atoms with Gasteiger partial charge in [0.1, 0.15) is 5.75 Å². The van der Waals surface area contributed by atoms with Gasteiger partial charge in [0.15, 0.2) is 0 Å². The first-order valence-electron chi connectivity index (χ1n) is 3.40. The van der Waals surface area contributed by atoms with Gasteiger partial charge in [-0.15, -0.1) is 0 Å². The van der Waals surface area contributed by atoms with Crippen molar-refractivity contribution in [2.45, 2.75) is 9.79 Å². The summed E-state index contributed by atoms with van der Waals surface area (Å²) >= 11 is 0. The molecular formula is C6H6O7S2.